The molecule has 0 aliphatic heterocycles. The minimum Gasteiger partial charge on any atom is -0.332 e. The predicted octanol–water partition coefficient (Wildman–Crippen LogP) is 6.68. The van der Waals surface area contributed by atoms with Crippen molar-refractivity contribution in [2.75, 3.05) is 13.1 Å². The van der Waals surface area contributed by atoms with Crippen LogP contribution in [-0.2, 0) is 23.3 Å². The van der Waals surface area contributed by atoms with Gasteiger partial charge in [-0.2, -0.15) is 0 Å². The third-order valence-electron chi connectivity index (χ3n) is 6.07. The van der Waals surface area contributed by atoms with Crippen molar-refractivity contribution >= 4 is 23.2 Å². The number of hydrogen-bond donors (Lipinski definition) is 0. The van der Waals surface area contributed by atoms with E-state index in [1.807, 2.05) is 59.5 Å². The van der Waals surface area contributed by atoms with E-state index < -0.39 is 0 Å². The van der Waals surface area contributed by atoms with Crippen molar-refractivity contribution in [2.24, 2.45) is 5.92 Å². The SMILES string of the molecule is Cc1ccsc1CN(Cc1ccccc1)C(=O)CN(CC(C)C)C(=O)c1ccc(C(C)(C)C)cc1. The van der Waals surface area contributed by atoms with E-state index in [2.05, 4.69) is 53.0 Å². The maximum atomic E-state index is 13.6. The molecule has 4 nitrogen and oxygen atoms in total. The van der Waals surface area contributed by atoms with Crippen molar-refractivity contribution in [1.29, 1.82) is 0 Å². The maximum absolute atomic E-state index is 13.6. The Morgan fingerprint density at radius 3 is 2.09 bits per heavy atom. The lowest BCUT2D eigenvalue weighted by molar-refractivity contribution is -0.133. The van der Waals surface area contributed by atoms with Gasteiger partial charge in [-0.05, 0) is 58.5 Å². The van der Waals surface area contributed by atoms with Crippen LogP contribution in [0.3, 0.4) is 0 Å². The van der Waals surface area contributed by atoms with Crippen molar-refractivity contribution in [3.8, 4) is 0 Å². The molecule has 0 spiro atoms. The molecule has 0 fully saturated rings. The smallest absolute Gasteiger partial charge is 0.254 e. The number of hydrogen-bond acceptors (Lipinski definition) is 3. The number of amides is 2. The van der Waals surface area contributed by atoms with Gasteiger partial charge in [-0.15, -0.1) is 11.3 Å². The molecule has 0 saturated carbocycles. The van der Waals surface area contributed by atoms with Gasteiger partial charge in [0.15, 0.2) is 0 Å². The van der Waals surface area contributed by atoms with E-state index in [0.717, 1.165) is 5.56 Å². The lowest BCUT2D eigenvalue weighted by Gasteiger charge is -2.29. The van der Waals surface area contributed by atoms with E-state index in [-0.39, 0.29) is 29.7 Å². The van der Waals surface area contributed by atoms with Crippen LogP contribution >= 0.6 is 11.3 Å². The standard InChI is InChI=1S/C30H38N2O2S/c1-22(2)18-32(29(34)25-12-14-26(15-13-25)30(4,5)6)21-28(33)31(19-24-10-8-7-9-11-24)20-27-23(3)16-17-35-27/h7-17,22H,18-21H2,1-6H3. The van der Waals surface area contributed by atoms with Crippen LogP contribution in [-0.4, -0.2) is 34.7 Å². The van der Waals surface area contributed by atoms with Crippen molar-refractivity contribution in [3.63, 3.8) is 0 Å². The molecule has 0 bridgehead atoms. The summed E-state index contributed by atoms with van der Waals surface area (Å²) in [6.07, 6.45) is 0. The summed E-state index contributed by atoms with van der Waals surface area (Å²) in [5.41, 5.74) is 4.09. The molecule has 2 amide bonds. The fourth-order valence-corrected chi connectivity index (χ4v) is 4.91. The summed E-state index contributed by atoms with van der Waals surface area (Å²) in [4.78, 5) is 31.9. The Morgan fingerprint density at radius 2 is 1.54 bits per heavy atom. The average molecular weight is 491 g/mol. The number of nitrogens with zero attached hydrogens (tertiary/aromatic N) is 2. The molecule has 2 aromatic carbocycles. The summed E-state index contributed by atoms with van der Waals surface area (Å²) < 4.78 is 0. The first-order valence-electron chi connectivity index (χ1n) is 12.3. The molecule has 5 heteroatoms. The molecular formula is C30H38N2O2S. The maximum Gasteiger partial charge on any atom is 0.254 e. The second kappa shape index (κ2) is 11.7. The monoisotopic (exact) mass is 490 g/mol. The van der Waals surface area contributed by atoms with Gasteiger partial charge in [-0.3, -0.25) is 9.59 Å². The quantitative estimate of drug-likeness (QED) is 0.336. The minimum absolute atomic E-state index is 0.0209. The molecule has 1 aromatic heterocycles. The van der Waals surface area contributed by atoms with E-state index in [1.165, 1.54) is 16.0 Å². The zero-order valence-corrected chi connectivity index (χ0v) is 22.7. The first-order valence-corrected chi connectivity index (χ1v) is 13.2. The topological polar surface area (TPSA) is 40.6 Å². The van der Waals surface area contributed by atoms with Crippen LogP contribution in [0, 0.1) is 12.8 Å². The Hall–Kier alpha value is -2.92. The van der Waals surface area contributed by atoms with E-state index in [1.54, 1.807) is 16.2 Å². The van der Waals surface area contributed by atoms with E-state index in [0.29, 0.717) is 25.2 Å². The van der Waals surface area contributed by atoms with Crippen LogP contribution in [0.25, 0.3) is 0 Å². The summed E-state index contributed by atoms with van der Waals surface area (Å²) in [5, 5.41) is 2.06. The predicted molar refractivity (Wildman–Crippen MR) is 146 cm³/mol. The third kappa shape index (κ3) is 7.53. The van der Waals surface area contributed by atoms with Crippen molar-refractivity contribution < 1.29 is 9.59 Å². The van der Waals surface area contributed by atoms with Gasteiger partial charge >= 0.3 is 0 Å². The first-order chi connectivity index (χ1) is 16.5. The summed E-state index contributed by atoms with van der Waals surface area (Å²) >= 11 is 1.67. The highest BCUT2D eigenvalue weighted by molar-refractivity contribution is 7.10. The number of carbonyl (C=O) groups is 2. The Kier molecular flexibility index (Phi) is 8.90. The van der Waals surface area contributed by atoms with Gasteiger partial charge in [-0.25, -0.2) is 0 Å². The molecular weight excluding hydrogens is 452 g/mol. The van der Waals surface area contributed by atoms with Crippen molar-refractivity contribution in [3.05, 3.63) is 93.2 Å². The second-order valence-electron chi connectivity index (χ2n) is 10.7. The Labute approximate surface area is 214 Å². The average Bonchev–Trinajstić information content (AvgIpc) is 3.22. The molecule has 0 N–H and O–H groups in total. The van der Waals surface area contributed by atoms with Crippen LogP contribution < -0.4 is 0 Å². The Bertz CT molecular complexity index is 1110. The second-order valence-corrected chi connectivity index (χ2v) is 11.7. The van der Waals surface area contributed by atoms with Crippen molar-refractivity contribution in [2.45, 2.75) is 60.0 Å². The molecule has 0 radical (unpaired) electrons. The summed E-state index contributed by atoms with van der Waals surface area (Å²) in [6, 6.07) is 19.9. The van der Waals surface area contributed by atoms with Gasteiger partial charge in [-0.1, -0.05) is 77.1 Å². The number of aryl methyl sites for hydroxylation is 1. The lowest BCUT2D eigenvalue weighted by Crippen LogP contribution is -2.43. The number of carbonyl (C=O) groups excluding carboxylic acids is 2. The zero-order chi connectivity index (χ0) is 25.6. The van der Waals surface area contributed by atoms with E-state index >= 15 is 0 Å². The Balaban J connectivity index is 1.82. The fraction of sp³-hybridized carbons (Fsp3) is 0.400. The van der Waals surface area contributed by atoms with E-state index in [4.69, 9.17) is 0 Å². The fourth-order valence-electron chi connectivity index (χ4n) is 3.99. The van der Waals surface area contributed by atoms with Gasteiger partial charge < -0.3 is 9.80 Å². The van der Waals surface area contributed by atoms with Crippen LogP contribution in [0.1, 0.15) is 66.5 Å². The lowest BCUT2D eigenvalue weighted by atomic mass is 9.86. The zero-order valence-electron chi connectivity index (χ0n) is 21.9. The van der Waals surface area contributed by atoms with Gasteiger partial charge in [0.1, 0.15) is 6.54 Å². The number of thiophene rings is 1. The van der Waals surface area contributed by atoms with Crippen LogP contribution in [0.4, 0.5) is 0 Å². The van der Waals surface area contributed by atoms with Gasteiger partial charge in [0.05, 0.1) is 6.54 Å². The van der Waals surface area contributed by atoms with Gasteiger partial charge in [0.2, 0.25) is 5.91 Å². The molecule has 186 valence electrons. The highest BCUT2D eigenvalue weighted by Gasteiger charge is 2.24. The van der Waals surface area contributed by atoms with Crippen molar-refractivity contribution in [1.82, 2.24) is 9.80 Å². The molecule has 35 heavy (non-hydrogen) atoms. The normalized spacial score (nSPS) is 11.5. The molecule has 0 aliphatic rings. The minimum atomic E-state index is -0.0977. The number of rotatable bonds is 9. The number of benzene rings is 2. The molecule has 3 rings (SSSR count). The molecule has 1 heterocycles. The Morgan fingerprint density at radius 1 is 0.886 bits per heavy atom. The van der Waals surface area contributed by atoms with Crippen LogP contribution in [0.15, 0.2) is 66.0 Å². The molecule has 0 saturated heterocycles. The summed E-state index contributed by atoms with van der Waals surface area (Å²) in [5.74, 6) is 0.115. The summed E-state index contributed by atoms with van der Waals surface area (Å²) in [7, 11) is 0. The largest absolute Gasteiger partial charge is 0.332 e. The molecule has 0 atom stereocenters. The highest BCUT2D eigenvalue weighted by atomic mass is 32.1. The first kappa shape index (κ1) is 26.7. The van der Waals surface area contributed by atoms with Gasteiger partial charge in [0, 0.05) is 23.5 Å². The van der Waals surface area contributed by atoms with E-state index in [9.17, 15) is 9.59 Å². The summed E-state index contributed by atoms with van der Waals surface area (Å²) in [6.45, 7) is 14.3. The van der Waals surface area contributed by atoms with Gasteiger partial charge in [0.25, 0.3) is 5.91 Å². The molecule has 0 aliphatic carbocycles. The van der Waals surface area contributed by atoms with Crippen LogP contribution in [0.5, 0.6) is 0 Å². The third-order valence-corrected chi connectivity index (χ3v) is 7.08. The molecule has 0 unspecified atom stereocenters. The van der Waals surface area contributed by atoms with Crippen LogP contribution in [0.2, 0.25) is 0 Å². The molecule has 3 aromatic rings. The highest BCUT2D eigenvalue weighted by Crippen LogP contribution is 2.23.